The van der Waals surface area contributed by atoms with Crippen molar-refractivity contribution in [1.29, 1.82) is 0 Å². The van der Waals surface area contributed by atoms with Gasteiger partial charge in [-0.05, 0) is 25.5 Å². The summed E-state index contributed by atoms with van der Waals surface area (Å²) in [5.41, 5.74) is 0. The summed E-state index contributed by atoms with van der Waals surface area (Å²) < 4.78 is 0. The first-order chi connectivity index (χ1) is 5.63. The lowest BCUT2D eigenvalue weighted by Gasteiger charge is -2.16. The average molecular weight is 189 g/mol. The fourth-order valence-electron chi connectivity index (χ4n) is 1.07. The number of carbonyl (C=O) groups excluding carboxylic acids is 1. The lowest BCUT2D eigenvalue weighted by Crippen LogP contribution is -2.37. The maximum Gasteiger partial charge on any atom is 0.152 e. The molecule has 0 heterocycles. The molecule has 0 saturated carbocycles. The third-order valence-electron chi connectivity index (χ3n) is 1.87. The van der Waals surface area contributed by atoms with Crippen molar-refractivity contribution in [2.75, 3.05) is 19.1 Å². The Morgan fingerprint density at radius 3 is 2.42 bits per heavy atom. The van der Waals surface area contributed by atoms with Gasteiger partial charge in [-0.1, -0.05) is 13.8 Å². The van der Waals surface area contributed by atoms with Gasteiger partial charge in [0, 0.05) is 5.92 Å². The molecule has 12 heavy (non-hydrogen) atoms. The predicted octanol–water partition coefficient (Wildman–Crippen LogP) is 1.55. The third kappa shape index (κ3) is 4.12. The maximum atomic E-state index is 11.5. The minimum Gasteiger partial charge on any atom is -0.311 e. The smallest absolute Gasteiger partial charge is 0.152 e. The van der Waals surface area contributed by atoms with E-state index in [4.69, 9.17) is 0 Å². The number of hydrogen-bond acceptors (Lipinski definition) is 3. The highest BCUT2D eigenvalue weighted by Crippen LogP contribution is 2.06. The fourth-order valence-corrected chi connectivity index (χ4v) is 1.54. The summed E-state index contributed by atoms with van der Waals surface area (Å²) in [6.07, 6.45) is 3.00. The fraction of sp³-hybridized carbons (Fsp3) is 0.889. The van der Waals surface area contributed by atoms with Crippen molar-refractivity contribution in [3.05, 3.63) is 0 Å². The molecule has 0 aromatic rings. The van der Waals surface area contributed by atoms with E-state index in [1.807, 2.05) is 20.9 Å². The lowest BCUT2D eigenvalue weighted by molar-refractivity contribution is -0.123. The van der Waals surface area contributed by atoms with Crippen molar-refractivity contribution >= 4 is 17.5 Å². The summed E-state index contributed by atoms with van der Waals surface area (Å²) in [6, 6.07) is 0.0532. The molecule has 0 aliphatic heterocycles. The number of hydrogen-bond donors (Lipinski definition) is 1. The van der Waals surface area contributed by atoms with Crippen LogP contribution in [0.3, 0.4) is 0 Å². The number of carbonyl (C=O) groups is 1. The van der Waals surface area contributed by atoms with E-state index in [0.29, 0.717) is 5.78 Å². The van der Waals surface area contributed by atoms with E-state index < -0.39 is 0 Å². The summed E-state index contributed by atoms with van der Waals surface area (Å²) in [5.74, 6) is 1.51. The monoisotopic (exact) mass is 189 g/mol. The zero-order chi connectivity index (χ0) is 9.56. The molecule has 2 nitrogen and oxygen atoms in total. The van der Waals surface area contributed by atoms with Gasteiger partial charge in [0.2, 0.25) is 0 Å². The molecule has 0 fully saturated rings. The van der Waals surface area contributed by atoms with Crippen LogP contribution in [0.1, 0.15) is 20.3 Å². The highest BCUT2D eigenvalue weighted by atomic mass is 32.2. The Morgan fingerprint density at radius 2 is 2.08 bits per heavy atom. The first-order valence-electron chi connectivity index (χ1n) is 4.33. The molecule has 0 aromatic heterocycles. The molecular weight excluding hydrogens is 170 g/mol. The van der Waals surface area contributed by atoms with Crippen molar-refractivity contribution in [2.45, 2.75) is 26.3 Å². The maximum absolute atomic E-state index is 11.5. The molecule has 0 spiro atoms. The van der Waals surface area contributed by atoms with E-state index in [0.717, 1.165) is 12.2 Å². The molecule has 3 heteroatoms. The normalized spacial score (nSPS) is 13.4. The van der Waals surface area contributed by atoms with E-state index in [2.05, 4.69) is 11.6 Å². The van der Waals surface area contributed by atoms with Crippen molar-refractivity contribution < 1.29 is 4.79 Å². The van der Waals surface area contributed by atoms with Gasteiger partial charge in [-0.15, -0.1) is 0 Å². The van der Waals surface area contributed by atoms with Gasteiger partial charge in [0.25, 0.3) is 0 Å². The number of likely N-dealkylation sites (N-methyl/N-ethyl adjacent to an activating group) is 1. The van der Waals surface area contributed by atoms with Crippen LogP contribution in [0.5, 0.6) is 0 Å². The van der Waals surface area contributed by atoms with Gasteiger partial charge in [0.15, 0.2) is 5.78 Å². The van der Waals surface area contributed by atoms with Gasteiger partial charge in [0.1, 0.15) is 0 Å². The number of rotatable bonds is 6. The third-order valence-corrected chi connectivity index (χ3v) is 2.52. The molecule has 0 unspecified atom stereocenters. The van der Waals surface area contributed by atoms with Crippen LogP contribution in [0.15, 0.2) is 0 Å². The van der Waals surface area contributed by atoms with Gasteiger partial charge in [-0.3, -0.25) is 4.79 Å². The molecule has 0 saturated heterocycles. The standard InChI is InChI=1S/C9H19NOS/c1-7(2)9(11)8(10-3)5-6-12-4/h7-8,10H,5-6H2,1-4H3/t8-/m1/s1. The lowest BCUT2D eigenvalue weighted by atomic mass is 10.0. The molecule has 72 valence electrons. The second-order valence-corrected chi connectivity index (χ2v) is 4.17. The Balaban J connectivity index is 3.88. The van der Waals surface area contributed by atoms with Crippen LogP contribution < -0.4 is 5.32 Å². The summed E-state index contributed by atoms with van der Waals surface area (Å²) in [4.78, 5) is 11.5. The van der Waals surface area contributed by atoms with Crippen LogP contribution in [-0.4, -0.2) is 30.9 Å². The van der Waals surface area contributed by atoms with Crippen molar-refractivity contribution in [3.8, 4) is 0 Å². The Bertz CT molecular complexity index is 136. The first kappa shape index (κ1) is 12.0. The largest absolute Gasteiger partial charge is 0.311 e. The van der Waals surface area contributed by atoms with Crippen LogP contribution in [-0.2, 0) is 4.79 Å². The van der Waals surface area contributed by atoms with E-state index in [1.165, 1.54) is 0 Å². The van der Waals surface area contributed by atoms with Gasteiger partial charge in [-0.25, -0.2) is 0 Å². The Hall–Kier alpha value is -0.0200. The summed E-state index contributed by atoms with van der Waals surface area (Å²) >= 11 is 1.78. The quantitative estimate of drug-likeness (QED) is 0.687. The van der Waals surface area contributed by atoms with Crippen molar-refractivity contribution in [2.24, 2.45) is 5.92 Å². The Morgan fingerprint density at radius 1 is 1.50 bits per heavy atom. The van der Waals surface area contributed by atoms with Crippen LogP contribution >= 0.6 is 11.8 Å². The molecule has 0 aliphatic rings. The van der Waals surface area contributed by atoms with Crippen molar-refractivity contribution in [1.82, 2.24) is 5.32 Å². The molecule has 0 aromatic carbocycles. The van der Waals surface area contributed by atoms with Gasteiger partial charge >= 0.3 is 0 Å². The van der Waals surface area contributed by atoms with Gasteiger partial charge in [-0.2, -0.15) is 11.8 Å². The SMILES string of the molecule is CN[C@H](CCSC)C(=O)C(C)C. The Labute approximate surface area is 79.5 Å². The second kappa shape index (κ2) is 6.49. The number of ketones is 1. The molecular formula is C9H19NOS. The molecule has 1 N–H and O–H groups in total. The highest BCUT2D eigenvalue weighted by molar-refractivity contribution is 7.98. The molecule has 1 atom stereocenters. The van der Waals surface area contributed by atoms with E-state index in [1.54, 1.807) is 11.8 Å². The zero-order valence-electron chi connectivity index (χ0n) is 8.39. The molecule has 0 aliphatic carbocycles. The molecule has 0 rings (SSSR count). The topological polar surface area (TPSA) is 29.1 Å². The average Bonchev–Trinajstić information content (AvgIpc) is 2.05. The zero-order valence-corrected chi connectivity index (χ0v) is 9.20. The minimum absolute atomic E-state index is 0.0532. The van der Waals surface area contributed by atoms with Crippen LogP contribution in [0, 0.1) is 5.92 Å². The van der Waals surface area contributed by atoms with Crippen LogP contribution in [0.2, 0.25) is 0 Å². The van der Waals surface area contributed by atoms with Crippen LogP contribution in [0.25, 0.3) is 0 Å². The number of Topliss-reactive ketones (excluding diaryl/α,β-unsaturated/α-hetero) is 1. The number of thioether (sulfide) groups is 1. The first-order valence-corrected chi connectivity index (χ1v) is 5.72. The predicted molar refractivity (Wildman–Crippen MR) is 55.7 cm³/mol. The highest BCUT2D eigenvalue weighted by Gasteiger charge is 2.18. The van der Waals surface area contributed by atoms with Gasteiger partial charge in [0.05, 0.1) is 6.04 Å². The minimum atomic E-state index is 0.0532. The summed E-state index contributed by atoms with van der Waals surface area (Å²) in [7, 11) is 1.85. The second-order valence-electron chi connectivity index (χ2n) is 3.18. The van der Waals surface area contributed by atoms with E-state index in [-0.39, 0.29) is 12.0 Å². The van der Waals surface area contributed by atoms with Crippen molar-refractivity contribution in [3.63, 3.8) is 0 Å². The van der Waals surface area contributed by atoms with Crippen LogP contribution in [0.4, 0.5) is 0 Å². The Kier molecular flexibility index (Phi) is 6.48. The summed E-state index contributed by atoms with van der Waals surface area (Å²) in [5, 5.41) is 3.06. The van der Waals surface area contributed by atoms with E-state index >= 15 is 0 Å². The molecule has 0 bridgehead atoms. The molecule has 0 radical (unpaired) electrons. The molecule has 0 amide bonds. The van der Waals surface area contributed by atoms with E-state index in [9.17, 15) is 4.79 Å². The number of nitrogens with one attached hydrogen (secondary N) is 1. The summed E-state index contributed by atoms with van der Waals surface area (Å²) in [6.45, 7) is 3.90. The van der Waals surface area contributed by atoms with Gasteiger partial charge < -0.3 is 5.32 Å².